The van der Waals surface area contributed by atoms with Crippen molar-refractivity contribution >= 4 is 24.7 Å². The molecular formula is C27H32N2O6Si. The van der Waals surface area contributed by atoms with Gasteiger partial charge in [0, 0.05) is 18.2 Å². The van der Waals surface area contributed by atoms with E-state index in [-0.39, 0.29) is 17.9 Å². The fourth-order valence-electron chi connectivity index (χ4n) is 5.07. The Morgan fingerprint density at radius 1 is 1.08 bits per heavy atom. The zero-order chi connectivity index (χ0) is 26.1. The van der Waals surface area contributed by atoms with Gasteiger partial charge in [0.15, 0.2) is 0 Å². The quantitative estimate of drug-likeness (QED) is 0.475. The summed E-state index contributed by atoms with van der Waals surface area (Å²) in [7, 11) is -2.99. The Morgan fingerprint density at radius 3 is 2.14 bits per heavy atom. The summed E-state index contributed by atoms with van der Waals surface area (Å²) in [5, 5.41) is 11.5. The fraction of sp³-hybridized carbons (Fsp3) is 0.370. The van der Waals surface area contributed by atoms with Gasteiger partial charge in [-0.3, -0.25) is 19.1 Å². The minimum Gasteiger partial charge on any atom is -0.481 e. The summed E-state index contributed by atoms with van der Waals surface area (Å²) in [6, 6.07) is 20.1. The molecule has 36 heavy (non-hydrogen) atoms. The molecule has 3 atom stereocenters. The molecule has 8 nitrogen and oxygen atoms in total. The summed E-state index contributed by atoms with van der Waals surface area (Å²) in [5.74, 6) is -1.01. The van der Waals surface area contributed by atoms with Crippen LogP contribution in [-0.2, 0) is 14.0 Å². The number of nitrogens with one attached hydrogen (secondary N) is 1. The molecule has 1 aliphatic heterocycles. The van der Waals surface area contributed by atoms with Gasteiger partial charge in [-0.05, 0) is 22.3 Å². The number of nitrogens with zero attached hydrogens (tertiary/aromatic N) is 1. The standard InChI is InChI=1S/C27H32N2O6Si/c1-18-17-29(26(33)28-25(18)32)23-15-22(21(34-23)16-24(30)31)35-36(27(2,3)4,19-11-7-5-8-12-19)20-13-9-6-10-14-20/h5-14,17,21-23H,15-16H2,1-4H3,(H,30,31)(H,28,32,33)/t21-,22+,23-/m1/s1. The van der Waals surface area contributed by atoms with E-state index in [2.05, 4.69) is 50.0 Å². The van der Waals surface area contributed by atoms with Crippen LogP contribution in [0, 0.1) is 6.92 Å². The number of hydrogen-bond acceptors (Lipinski definition) is 5. The number of rotatable bonds is 7. The molecule has 0 unspecified atom stereocenters. The Kier molecular flexibility index (Phi) is 7.17. The van der Waals surface area contributed by atoms with Crippen LogP contribution in [0.5, 0.6) is 0 Å². The number of hydrogen-bond donors (Lipinski definition) is 2. The molecule has 0 saturated carbocycles. The van der Waals surface area contributed by atoms with Crippen molar-refractivity contribution in [3.8, 4) is 0 Å². The average Bonchev–Trinajstić information content (AvgIpc) is 3.21. The molecule has 1 aromatic heterocycles. The smallest absolute Gasteiger partial charge is 0.330 e. The summed E-state index contributed by atoms with van der Waals surface area (Å²) >= 11 is 0. The number of carboxylic acid groups (broad SMARTS) is 1. The van der Waals surface area contributed by atoms with Crippen LogP contribution in [0.3, 0.4) is 0 Å². The molecule has 9 heteroatoms. The Labute approximate surface area is 210 Å². The third-order valence-corrected chi connectivity index (χ3v) is 11.8. The predicted octanol–water partition coefficient (Wildman–Crippen LogP) is 2.55. The van der Waals surface area contributed by atoms with Crippen LogP contribution in [-0.4, -0.2) is 41.2 Å². The van der Waals surface area contributed by atoms with Crippen molar-refractivity contribution in [2.24, 2.45) is 0 Å². The lowest BCUT2D eigenvalue weighted by molar-refractivity contribution is -0.141. The van der Waals surface area contributed by atoms with Crippen LogP contribution in [0.4, 0.5) is 0 Å². The summed E-state index contributed by atoms with van der Waals surface area (Å²) < 4.78 is 14.6. The first-order chi connectivity index (χ1) is 17.0. The number of aliphatic carboxylic acids is 1. The van der Waals surface area contributed by atoms with Gasteiger partial charge in [0.2, 0.25) is 0 Å². The van der Waals surface area contributed by atoms with Crippen molar-refractivity contribution in [1.82, 2.24) is 9.55 Å². The molecule has 2 heterocycles. The van der Waals surface area contributed by atoms with E-state index in [4.69, 9.17) is 9.16 Å². The highest BCUT2D eigenvalue weighted by Crippen LogP contribution is 2.41. The van der Waals surface area contributed by atoms with E-state index in [0.29, 0.717) is 5.56 Å². The number of H-pyrrole nitrogens is 1. The summed E-state index contributed by atoms with van der Waals surface area (Å²) in [4.78, 5) is 38.5. The van der Waals surface area contributed by atoms with Gasteiger partial charge in [0.05, 0.1) is 18.6 Å². The fourth-order valence-corrected chi connectivity index (χ4v) is 9.79. The molecule has 2 aromatic carbocycles. The van der Waals surface area contributed by atoms with Crippen molar-refractivity contribution in [2.75, 3.05) is 0 Å². The van der Waals surface area contributed by atoms with E-state index < -0.39 is 44.0 Å². The Morgan fingerprint density at radius 2 is 1.64 bits per heavy atom. The SMILES string of the molecule is Cc1cn([C@H]2C[C@H](O[Si](c3ccccc3)(c3ccccc3)C(C)(C)C)[C@@H](CC(=O)O)O2)c(=O)[nH]c1=O. The molecule has 0 amide bonds. The second-order valence-electron chi connectivity index (χ2n) is 10.3. The Balaban J connectivity index is 1.82. The lowest BCUT2D eigenvalue weighted by Gasteiger charge is -2.45. The monoisotopic (exact) mass is 508 g/mol. The predicted molar refractivity (Wildman–Crippen MR) is 139 cm³/mol. The number of aryl methyl sites for hydroxylation is 1. The zero-order valence-corrected chi connectivity index (χ0v) is 21.9. The van der Waals surface area contributed by atoms with Crippen molar-refractivity contribution in [2.45, 2.75) is 64.0 Å². The van der Waals surface area contributed by atoms with E-state index in [1.54, 1.807) is 6.92 Å². The van der Waals surface area contributed by atoms with Crippen molar-refractivity contribution in [3.05, 3.63) is 93.3 Å². The third-order valence-electron chi connectivity index (χ3n) is 6.76. The maximum atomic E-state index is 12.6. The summed E-state index contributed by atoms with van der Waals surface area (Å²) in [6.45, 7) is 8.05. The highest BCUT2D eigenvalue weighted by atomic mass is 28.4. The summed E-state index contributed by atoms with van der Waals surface area (Å²) in [5.41, 5.74) is -0.698. The minimum absolute atomic E-state index is 0.267. The molecule has 0 radical (unpaired) electrons. The van der Waals surface area contributed by atoms with Crippen LogP contribution < -0.4 is 21.6 Å². The number of aromatic amines is 1. The maximum Gasteiger partial charge on any atom is 0.330 e. The van der Waals surface area contributed by atoms with Crippen LogP contribution in [0.1, 0.15) is 45.4 Å². The van der Waals surface area contributed by atoms with Gasteiger partial charge >= 0.3 is 11.7 Å². The first kappa shape index (κ1) is 25.8. The molecule has 0 aliphatic carbocycles. The second-order valence-corrected chi connectivity index (χ2v) is 14.5. The second kappa shape index (κ2) is 10.0. The van der Waals surface area contributed by atoms with E-state index >= 15 is 0 Å². The first-order valence-corrected chi connectivity index (χ1v) is 13.9. The maximum absolute atomic E-state index is 12.6. The molecule has 0 spiro atoms. The zero-order valence-electron chi connectivity index (χ0n) is 20.9. The topological polar surface area (TPSA) is 111 Å². The van der Waals surface area contributed by atoms with E-state index in [1.807, 2.05) is 36.4 Å². The Hall–Kier alpha value is -3.27. The largest absolute Gasteiger partial charge is 0.481 e. The lowest BCUT2D eigenvalue weighted by atomic mass is 10.1. The third kappa shape index (κ3) is 4.86. The lowest BCUT2D eigenvalue weighted by Crippen LogP contribution is -2.68. The number of benzene rings is 2. The molecule has 2 N–H and O–H groups in total. The number of carbonyl (C=O) groups is 1. The highest BCUT2D eigenvalue weighted by Gasteiger charge is 2.54. The van der Waals surface area contributed by atoms with Gasteiger partial charge in [-0.25, -0.2) is 4.79 Å². The molecule has 3 aromatic rings. The molecule has 190 valence electrons. The minimum atomic E-state index is -2.99. The van der Waals surface area contributed by atoms with Crippen molar-refractivity contribution in [3.63, 3.8) is 0 Å². The summed E-state index contributed by atoms with van der Waals surface area (Å²) in [6.07, 6.45) is -0.662. The average molecular weight is 509 g/mol. The van der Waals surface area contributed by atoms with Gasteiger partial charge in [-0.15, -0.1) is 0 Å². The molecule has 1 saturated heterocycles. The first-order valence-electron chi connectivity index (χ1n) is 12.0. The highest BCUT2D eigenvalue weighted by molar-refractivity contribution is 6.99. The van der Waals surface area contributed by atoms with Crippen LogP contribution in [0.2, 0.25) is 5.04 Å². The van der Waals surface area contributed by atoms with Crippen molar-refractivity contribution < 1.29 is 19.1 Å². The van der Waals surface area contributed by atoms with Crippen LogP contribution in [0.25, 0.3) is 0 Å². The van der Waals surface area contributed by atoms with Crippen LogP contribution in [0.15, 0.2) is 76.4 Å². The number of aromatic nitrogens is 2. The van der Waals surface area contributed by atoms with Gasteiger partial charge in [0.1, 0.15) is 6.23 Å². The van der Waals surface area contributed by atoms with Crippen molar-refractivity contribution in [1.29, 1.82) is 0 Å². The van der Waals surface area contributed by atoms with E-state index in [9.17, 15) is 19.5 Å². The van der Waals surface area contributed by atoms with E-state index in [0.717, 1.165) is 10.4 Å². The molecule has 4 rings (SSSR count). The Bertz CT molecular complexity index is 1290. The number of carboxylic acids is 1. The van der Waals surface area contributed by atoms with Gasteiger partial charge in [-0.2, -0.15) is 0 Å². The van der Waals surface area contributed by atoms with E-state index in [1.165, 1.54) is 10.8 Å². The van der Waals surface area contributed by atoms with Gasteiger partial charge in [0.25, 0.3) is 13.9 Å². The molecule has 0 bridgehead atoms. The number of ether oxygens (including phenoxy) is 1. The van der Waals surface area contributed by atoms with Crippen LogP contribution >= 0.6 is 0 Å². The normalized spacial score (nSPS) is 20.4. The van der Waals surface area contributed by atoms with Gasteiger partial charge < -0.3 is 14.3 Å². The molecular weight excluding hydrogens is 476 g/mol. The molecule has 1 fully saturated rings. The molecule has 1 aliphatic rings. The van der Waals surface area contributed by atoms with Gasteiger partial charge in [-0.1, -0.05) is 81.4 Å².